The van der Waals surface area contributed by atoms with Crippen molar-refractivity contribution in [2.24, 2.45) is 0 Å². The molecule has 0 saturated heterocycles. The van der Waals surface area contributed by atoms with Gasteiger partial charge in [0.2, 0.25) is 0 Å². The molecular formula is C14H18N2S. The van der Waals surface area contributed by atoms with Crippen LogP contribution in [0.2, 0.25) is 0 Å². The fourth-order valence-corrected chi connectivity index (χ4v) is 3.11. The third-order valence-corrected chi connectivity index (χ3v) is 4.13. The Morgan fingerprint density at radius 1 is 1.35 bits per heavy atom. The van der Waals surface area contributed by atoms with Gasteiger partial charge in [0, 0.05) is 33.8 Å². The van der Waals surface area contributed by atoms with Gasteiger partial charge in [-0.05, 0) is 44.2 Å². The van der Waals surface area contributed by atoms with Crippen molar-refractivity contribution in [2.75, 3.05) is 7.05 Å². The highest BCUT2D eigenvalue weighted by atomic mass is 32.1. The topological polar surface area (TPSA) is 24.9 Å². The number of hydrogen-bond acceptors (Lipinski definition) is 3. The highest BCUT2D eigenvalue weighted by molar-refractivity contribution is 7.15. The second kappa shape index (κ2) is 5.43. The molecule has 0 aliphatic rings. The van der Waals surface area contributed by atoms with E-state index in [9.17, 15) is 0 Å². The van der Waals surface area contributed by atoms with Gasteiger partial charge in [-0.25, -0.2) is 0 Å². The average Bonchev–Trinajstić information content (AvgIpc) is 2.80. The van der Waals surface area contributed by atoms with Crippen LogP contribution < -0.4 is 5.32 Å². The predicted molar refractivity (Wildman–Crippen MR) is 74.4 cm³/mol. The van der Waals surface area contributed by atoms with Crippen LogP contribution in [0.3, 0.4) is 0 Å². The Bertz CT molecular complexity index is 486. The molecule has 0 aliphatic heterocycles. The zero-order valence-electron chi connectivity index (χ0n) is 10.5. The summed E-state index contributed by atoms with van der Waals surface area (Å²) in [5, 5.41) is 3.34. The molecule has 0 radical (unpaired) electrons. The lowest BCUT2D eigenvalue weighted by molar-refractivity contribution is 0.586. The monoisotopic (exact) mass is 246 g/mol. The maximum atomic E-state index is 4.25. The highest BCUT2D eigenvalue weighted by Gasteiger charge is 2.10. The molecule has 2 heterocycles. The largest absolute Gasteiger partial charge is 0.312 e. The van der Waals surface area contributed by atoms with E-state index >= 15 is 0 Å². The molecule has 0 spiro atoms. The summed E-state index contributed by atoms with van der Waals surface area (Å²) in [6.07, 6.45) is 4.94. The van der Waals surface area contributed by atoms with E-state index in [1.54, 1.807) is 0 Å². The molecule has 0 fully saturated rings. The second-order valence-corrected chi connectivity index (χ2v) is 5.32. The molecule has 2 rings (SSSR count). The first-order valence-corrected chi connectivity index (χ1v) is 6.75. The summed E-state index contributed by atoms with van der Waals surface area (Å²) in [7, 11) is 2.02. The Hall–Kier alpha value is -1.19. The smallest absolute Gasteiger partial charge is 0.0409 e. The molecule has 2 nitrogen and oxygen atoms in total. The highest BCUT2D eigenvalue weighted by Crippen LogP contribution is 2.32. The van der Waals surface area contributed by atoms with Crippen LogP contribution in [0, 0.1) is 6.92 Å². The molecule has 0 aromatic carbocycles. The molecule has 1 unspecified atom stereocenters. The van der Waals surface area contributed by atoms with Crippen molar-refractivity contribution >= 4 is 11.3 Å². The van der Waals surface area contributed by atoms with Crippen LogP contribution >= 0.6 is 11.3 Å². The lowest BCUT2D eigenvalue weighted by atomic mass is 10.1. The van der Waals surface area contributed by atoms with Gasteiger partial charge in [-0.1, -0.05) is 6.92 Å². The van der Waals surface area contributed by atoms with E-state index in [0.717, 1.165) is 6.42 Å². The van der Waals surface area contributed by atoms with E-state index in [1.807, 2.05) is 30.8 Å². The fourth-order valence-electron chi connectivity index (χ4n) is 1.93. The van der Waals surface area contributed by atoms with Crippen molar-refractivity contribution in [2.45, 2.75) is 26.3 Å². The minimum absolute atomic E-state index is 0.464. The van der Waals surface area contributed by atoms with E-state index in [4.69, 9.17) is 0 Å². The maximum Gasteiger partial charge on any atom is 0.0409 e. The van der Waals surface area contributed by atoms with Crippen LogP contribution in [0.15, 0.2) is 30.6 Å². The van der Waals surface area contributed by atoms with E-state index in [1.165, 1.54) is 20.9 Å². The normalized spacial score (nSPS) is 12.6. The zero-order valence-corrected chi connectivity index (χ0v) is 11.3. The van der Waals surface area contributed by atoms with Gasteiger partial charge in [-0.2, -0.15) is 0 Å². The molecule has 90 valence electrons. The van der Waals surface area contributed by atoms with E-state index in [0.29, 0.717) is 6.04 Å². The molecule has 1 atom stereocenters. The Morgan fingerprint density at radius 3 is 2.82 bits per heavy atom. The van der Waals surface area contributed by atoms with Crippen LogP contribution in [0.4, 0.5) is 0 Å². The Balaban J connectivity index is 2.29. The Labute approximate surface area is 107 Å². The van der Waals surface area contributed by atoms with Crippen molar-refractivity contribution in [3.8, 4) is 10.4 Å². The number of pyridine rings is 1. The summed E-state index contributed by atoms with van der Waals surface area (Å²) in [6.45, 7) is 4.28. The molecular weight excluding hydrogens is 228 g/mol. The third kappa shape index (κ3) is 2.73. The van der Waals surface area contributed by atoms with Gasteiger partial charge in [-0.15, -0.1) is 11.3 Å². The summed E-state index contributed by atoms with van der Waals surface area (Å²) in [5.74, 6) is 0. The van der Waals surface area contributed by atoms with E-state index < -0.39 is 0 Å². The predicted octanol–water partition coefficient (Wildman–Crippen LogP) is 3.79. The van der Waals surface area contributed by atoms with Crippen molar-refractivity contribution in [1.82, 2.24) is 10.3 Å². The molecule has 1 N–H and O–H groups in total. The van der Waals surface area contributed by atoms with E-state index in [2.05, 4.69) is 42.3 Å². The van der Waals surface area contributed by atoms with Gasteiger partial charge in [-0.3, -0.25) is 4.98 Å². The van der Waals surface area contributed by atoms with Crippen molar-refractivity contribution < 1.29 is 0 Å². The summed E-state index contributed by atoms with van der Waals surface area (Å²) >= 11 is 1.85. The number of rotatable bonds is 4. The molecule has 3 heteroatoms. The van der Waals surface area contributed by atoms with Crippen molar-refractivity contribution in [1.29, 1.82) is 0 Å². The Morgan fingerprint density at radius 2 is 2.18 bits per heavy atom. The summed E-state index contributed by atoms with van der Waals surface area (Å²) in [6, 6.07) is 7.05. The first-order chi connectivity index (χ1) is 8.24. The van der Waals surface area contributed by atoms with Crippen LogP contribution in [0.1, 0.15) is 29.8 Å². The van der Waals surface area contributed by atoms with E-state index in [-0.39, 0.29) is 0 Å². The summed E-state index contributed by atoms with van der Waals surface area (Å²) in [4.78, 5) is 6.94. The maximum absolute atomic E-state index is 4.25. The lowest BCUT2D eigenvalue weighted by Gasteiger charge is -2.10. The SMILES string of the molecule is CCC(NC)c1ccc(-c2cncc(C)c2)s1. The molecule has 2 aromatic rings. The Kier molecular flexibility index (Phi) is 3.92. The number of hydrogen-bond donors (Lipinski definition) is 1. The summed E-state index contributed by atoms with van der Waals surface area (Å²) in [5.41, 5.74) is 2.42. The van der Waals surface area contributed by atoms with Gasteiger partial charge >= 0.3 is 0 Å². The van der Waals surface area contributed by atoms with Crippen LogP contribution in [-0.4, -0.2) is 12.0 Å². The van der Waals surface area contributed by atoms with Gasteiger partial charge in [0.05, 0.1) is 0 Å². The number of nitrogens with one attached hydrogen (secondary N) is 1. The van der Waals surface area contributed by atoms with Crippen LogP contribution in [0.5, 0.6) is 0 Å². The average molecular weight is 246 g/mol. The quantitative estimate of drug-likeness (QED) is 0.888. The minimum atomic E-state index is 0.464. The summed E-state index contributed by atoms with van der Waals surface area (Å²) < 4.78 is 0. The van der Waals surface area contributed by atoms with Gasteiger partial charge in [0.25, 0.3) is 0 Å². The standard InChI is InChI=1S/C14H18N2S/c1-4-12(15-3)14-6-5-13(17-14)11-7-10(2)8-16-9-11/h5-9,12,15H,4H2,1-3H3. The van der Waals surface area contributed by atoms with Crippen molar-refractivity contribution in [3.05, 3.63) is 41.0 Å². The van der Waals surface area contributed by atoms with Crippen molar-refractivity contribution in [3.63, 3.8) is 0 Å². The molecule has 0 aliphatic carbocycles. The second-order valence-electron chi connectivity index (χ2n) is 4.20. The van der Waals surface area contributed by atoms with Crippen LogP contribution in [0.25, 0.3) is 10.4 Å². The molecule has 0 saturated carbocycles. The molecule has 0 amide bonds. The third-order valence-electron chi connectivity index (χ3n) is 2.89. The molecule has 0 bridgehead atoms. The molecule has 2 aromatic heterocycles. The van der Waals surface area contributed by atoms with Gasteiger partial charge < -0.3 is 5.32 Å². The van der Waals surface area contributed by atoms with Crippen LogP contribution in [-0.2, 0) is 0 Å². The van der Waals surface area contributed by atoms with Gasteiger partial charge in [0.15, 0.2) is 0 Å². The number of aromatic nitrogens is 1. The first-order valence-electron chi connectivity index (χ1n) is 5.93. The number of aryl methyl sites for hydroxylation is 1. The van der Waals surface area contributed by atoms with Gasteiger partial charge in [0.1, 0.15) is 0 Å². The minimum Gasteiger partial charge on any atom is -0.312 e. The fraction of sp³-hybridized carbons (Fsp3) is 0.357. The number of nitrogens with zero attached hydrogens (tertiary/aromatic N) is 1. The number of thiophene rings is 1. The first kappa shape index (κ1) is 12.3. The lowest BCUT2D eigenvalue weighted by Crippen LogP contribution is -2.13. The molecule has 17 heavy (non-hydrogen) atoms. The zero-order chi connectivity index (χ0) is 12.3.